The number of ether oxygens (including phenoxy) is 1. The van der Waals surface area contributed by atoms with Crippen molar-refractivity contribution in [3.63, 3.8) is 0 Å². The summed E-state index contributed by atoms with van der Waals surface area (Å²) >= 11 is 0. The Morgan fingerprint density at radius 1 is 1.40 bits per heavy atom. The third kappa shape index (κ3) is 1.15. The highest BCUT2D eigenvalue weighted by Crippen LogP contribution is 2.06. The van der Waals surface area contributed by atoms with Crippen molar-refractivity contribution in [2.45, 2.75) is 6.92 Å². The molecule has 0 heterocycles. The van der Waals surface area contributed by atoms with Crippen molar-refractivity contribution in [3.8, 4) is 5.75 Å². The molecule has 1 nitrogen and oxygen atoms in total. The molecular formula is C8H11BO. The Hall–Kier alpha value is -0.915. The average Bonchev–Trinajstić information content (AvgIpc) is 1.95. The van der Waals surface area contributed by atoms with Gasteiger partial charge in [0.15, 0.2) is 0 Å². The summed E-state index contributed by atoms with van der Waals surface area (Å²) < 4.78 is 5.13. The van der Waals surface area contributed by atoms with Crippen LogP contribution in [0.3, 0.4) is 0 Å². The number of methoxy groups -OCH3 is 1. The van der Waals surface area contributed by atoms with Gasteiger partial charge in [0.05, 0.1) is 7.11 Å². The van der Waals surface area contributed by atoms with Crippen LogP contribution in [0.4, 0.5) is 0 Å². The van der Waals surface area contributed by atoms with E-state index in [-0.39, 0.29) is 0 Å². The number of hydrogen-bond acceptors (Lipinski definition) is 1. The zero-order valence-corrected chi connectivity index (χ0v) is 6.64. The van der Waals surface area contributed by atoms with Gasteiger partial charge < -0.3 is 4.74 Å². The van der Waals surface area contributed by atoms with Gasteiger partial charge in [-0.3, -0.25) is 0 Å². The number of benzene rings is 1. The molecule has 1 rings (SSSR count). The molecule has 0 aliphatic rings. The maximum absolute atomic E-state index is 5.13. The van der Waals surface area contributed by atoms with Gasteiger partial charge in [0.1, 0.15) is 13.6 Å². The van der Waals surface area contributed by atoms with E-state index >= 15 is 0 Å². The van der Waals surface area contributed by atoms with Crippen LogP contribution in [0, 0.1) is 6.92 Å². The summed E-state index contributed by atoms with van der Waals surface area (Å²) in [6.07, 6.45) is 0. The lowest BCUT2D eigenvalue weighted by atomic mass is 9.90. The van der Waals surface area contributed by atoms with E-state index in [1.54, 1.807) is 7.11 Å². The van der Waals surface area contributed by atoms with E-state index < -0.39 is 0 Å². The highest BCUT2D eigenvalue weighted by atomic mass is 16.5. The zero-order chi connectivity index (χ0) is 7.56. The molecule has 10 heavy (non-hydrogen) atoms. The molecular weight excluding hydrogens is 123 g/mol. The van der Waals surface area contributed by atoms with Crippen LogP contribution < -0.4 is 10.2 Å². The summed E-state index contributed by atoms with van der Waals surface area (Å²) in [6.45, 7) is 2.08. The molecule has 0 fully saturated rings. The first-order valence-electron chi connectivity index (χ1n) is 3.36. The Kier molecular flexibility index (Phi) is 2.00. The Labute approximate surface area is 62.4 Å². The summed E-state index contributed by atoms with van der Waals surface area (Å²) in [5, 5.41) is 0. The van der Waals surface area contributed by atoms with Crippen LogP contribution in [-0.4, -0.2) is 15.0 Å². The van der Waals surface area contributed by atoms with Gasteiger partial charge in [0.2, 0.25) is 0 Å². The van der Waals surface area contributed by atoms with Crippen molar-refractivity contribution in [1.82, 2.24) is 0 Å². The lowest BCUT2D eigenvalue weighted by Crippen LogP contribution is -2.10. The second kappa shape index (κ2) is 2.78. The van der Waals surface area contributed by atoms with Crippen molar-refractivity contribution in [2.75, 3.05) is 7.11 Å². The van der Waals surface area contributed by atoms with E-state index in [1.165, 1.54) is 11.0 Å². The smallest absolute Gasteiger partial charge is 0.144 e. The molecule has 2 heteroatoms. The van der Waals surface area contributed by atoms with Crippen LogP contribution >= 0.6 is 0 Å². The molecule has 0 spiro atoms. The maximum Gasteiger partial charge on any atom is 0.144 e. The van der Waals surface area contributed by atoms with Gasteiger partial charge in [-0.15, -0.1) is 0 Å². The van der Waals surface area contributed by atoms with Crippen LogP contribution in [0.5, 0.6) is 5.75 Å². The van der Waals surface area contributed by atoms with Gasteiger partial charge in [-0.05, 0) is 18.5 Å². The molecule has 0 saturated heterocycles. The summed E-state index contributed by atoms with van der Waals surface area (Å²) in [4.78, 5) is 0. The molecule has 0 aromatic heterocycles. The van der Waals surface area contributed by atoms with Gasteiger partial charge in [-0.2, -0.15) is 0 Å². The molecule has 1 aromatic rings. The summed E-state index contributed by atoms with van der Waals surface area (Å²) in [7, 11) is 3.76. The van der Waals surface area contributed by atoms with Gasteiger partial charge in [-0.1, -0.05) is 17.7 Å². The van der Waals surface area contributed by atoms with Crippen LogP contribution in [-0.2, 0) is 0 Å². The first-order chi connectivity index (χ1) is 4.75. The zero-order valence-electron chi connectivity index (χ0n) is 6.64. The van der Waals surface area contributed by atoms with Crippen molar-refractivity contribution < 1.29 is 4.74 Å². The molecule has 52 valence electrons. The predicted octanol–water partition coefficient (Wildman–Crippen LogP) is 0.262. The fourth-order valence-electron chi connectivity index (χ4n) is 0.945. The normalized spacial score (nSPS) is 9.40. The van der Waals surface area contributed by atoms with Crippen molar-refractivity contribution >= 4 is 13.3 Å². The van der Waals surface area contributed by atoms with Gasteiger partial charge in [0.25, 0.3) is 0 Å². The maximum atomic E-state index is 5.13. The highest BCUT2D eigenvalue weighted by molar-refractivity contribution is 6.35. The molecule has 0 aliphatic carbocycles. The van der Waals surface area contributed by atoms with Crippen LogP contribution in [0.2, 0.25) is 0 Å². The molecule has 0 bridgehead atoms. The van der Waals surface area contributed by atoms with Gasteiger partial charge >= 0.3 is 0 Å². The Bertz CT molecular complexity index is 233. The largest absolute Gasteiger partial charge is 0.497 e. The van der Waals surface area contributed by atoms with Crippen molar-refractivity contribution in [2.24, 2.45) is 0 Å². The molecule has 0 unspecified atom stereocenters. The third-order valence-electron chi connectivity index (χ3n) is 1.77. The highest BCUT2D eigenvalue weighted by Gasteiger charge is 1.97. The van der Waals surface area contributed by atoms with Crippen LogP contribution in [0.1, 0.15) is 5.56 Å². The topological polar surface area (TPSA) is 9.23 Å². The van der Waals surface area contributed by atoms with Gasteiger partial charge in [0, 0.05) is 0 Å². The monoisotopic (exact) mass is 134 g/mol. The van der Waals surface area contributed by atoms with E-state index in [1.807, 2.05) is 12.1 Å². The fourth-order valence-corrected chi connectivity index (χ4v) is 0.945. The molecule has 1 aromatic carbocycles. The van der Waals surface area contributed by atoms with Crippen molar-refractivity contribution in [3.05, 3.63) is 23.8 Å². The molecule has 0 N–H and O–H groups in total. The van der Waals surface area contributed by atoms with Crippen LogP contribution in [0.15, 0.2) is 18.2 Å². The lowest BCUT2D eigenvalue weighted by Gasteiger charge is -2.05. The second-order valence-electron chi connectivity index (χ2n) is 2.40. The van der Waals surface area contributed by atoms with E-state index in [2.05, 4.69) is 20.8 Å². The van der Waals surface area contributed by atoms with Gasteiger partial charge in [-0.25, -0.2) is 0 Å². The number of hydrogen-bond donors (Lipinski definition) is 0. The quantitative estimate of drug-likeness (QED) is 0.500. The minimum Gasteiger partial charge on any atom is -0.497 e. The Balaban J connectivity index is 3.14. The SMILES string of the molecule is Bc1c(C)cccc1OC. The van der Waals surface area contributed by atoms with E-state index in [4.69, 9.17) is 4.74 Å². The fraction of sp³-hybridized carbons (Fsp3) is 0.250. The number of aryl methyl sites for hydroxylation is 1. The van der Waals surface area contributed by atoms with Crippen LogP contribution in [0.25, 0.3) is 0 Å². The lowest BCUT2D eigenvalue weighted by molar-refractivity contribution is 0.418. The van der Waals surface area contributed by atoms with E-state index in [9.17, 15) is 0 Å². The molecule has 0 atom stereocenters. The van der Waals surface area contributed by atoms with E-state index in [0.29, 0.717) is 0 Å². The molecule has 0 radical (unpaired) electrons. The summed E-state index contributed by atoms with van der Waals surface area (Å²) in [5.41, 5.74) is 2.50. The molecule has 0 aliphatic heterocycles. The third-order valence-corrected chi connectivity index (χ3v) is 1.77. The molecule has 0 saturated carbocycles. The minimum absolute atomic E-state index is 0.972. The minimum atomic E-state index is 0.972. The summed E-state index contributed by atoms with van der Waals surface area (Å²) in [6, 6.07) is 6.06. The van der Waals surface area contributed by atoms with Crippen molar-refractivity contribution in [1.29, 1.82) is 0 Å². The molecule has 0 amide bonds. The number of rotatable bonds is 1. The predicted molar refractivity (Wildman–Crippen MR) is 45.9 cm³/mol. The first kappa shape index (κ1) is 7.20. The summed E-state index contributed by atoms with van der Waals surface area (Å²) in [5.74, 6) is 0.972. The first-order valence-corrected chi connectivity index (χ1v) is 3.36. The Morgan fingerprint density at radius 3 is 2.60 bits per heavy atom. The van der Waals surface area contributed by atoms with E-state index in [0.717, 1.165) is 5.75 Å². The standard InChI is InChI=1S/C8H11BO/c1-6-4-3-5-7(10-2)8(6)9/h3-5H,9H2,1-2H3. The Morgan fingerprint density at radius 2 is 2.10 bits per heavy atom. The average molecular weight is 134 g/mol. The second-order valence-corrected chi connectivity index (χ2v) is 2.40.